The Morgan fingerprint density at radius 2 is 2.56 bits per heavy atom. The molecule has 0 aliphatic heterocycles. The number of nitrogens with zero attached hydrogens (tertiary/aromatic N) is 4. The van der Waals surface area contributed by atoms with E-state index in [1.165, 1.54) is 18.2 Å². The number of nitrogens with two attached hydrogens (primary N) is 1. The average Bonchev–Trinajstić information content (AvgIpc) is 2.93. The van der Waals surface area contributed by atoms with Gasteiger partial charge in [0.15, 0.2) is 12.4 Å². The average molecular weight is 271 g/mol. The first-order valence-electron chi connectivity index (χ1n) is 6.28. The van der Waals surface area contributed by atoms with Crippen molar-refractivity contribution in [2.75, 3.05) is 0 Å². The van der Waals surface area contributed by atoms with Crippen molar-refractivity contribution in [3.63, 3.8) is 0 Å². The summed E-state index contributed by atoms with van der Waals surface area (Å²) in [6.07, 6.45) is -1.71. The van der Waals surface area contributed by atoms with Crippen LogP contribution in [0.3, 0.4) is 0 Å². The van der Waals surface area contributed by atoms with E-state index in [1.807, 2.05) is 0 Å². The number of carbonyl (C=O) groups is 1. The van der Waals surface area contributed by atoms with E-state index in [9.17, 15) is 4.79 Å². The van der Waals surface area contributed by atoms with E-state index in [0.717, 1.165) is 6.33 Å². The molecule has 1 atom stereocenters. The van der Waals surface area contributed by atoms with E-state index in [4.69, 9.17) is 26.2 Å². The lowest BCUT2D eigenvalue weighted by Crippen LogP contribution is -2.22. The molecule has 8 heteroatoms. The van der Waals surface area contributed by atoms with Crippen LogP contribution in [0.2, 0.25) is 5.02 Å². The monoisotopic (exact) mass is 270 g/mol. The zero-order valence-electron chi connectivity index (χ0n) is 11.9. The number of rotatable bonds is 4. The van der Waals surface area contributed by atoms with Crippen molar-refractivity contribution in [1.82, 2.24) is 20.2 Å². The van der Waals surface area contributed by atoms with Crippen LogP contribution < -0.4 is 5.73 Å². The summed E-state index contributed by atoms with van der Waals surface area (Å²) in [5.41, 5.74) is 5.06. The van der Waals surface area contributed by atoms with Crippen LogP contribution in [-0.2, 0) is 11.2 Å². The number of primary amides is 1. The van der Waals surface area contributed by atoms with Crippen molar-refractivity contribution in [1.29, 1.82) is 0 Å². The lowest BCUT2D eigenvalue weighted by molar-refractivity contribution is 0.0901. The van der Waals surface area contributed by atoms with Gasteiger partial charge in [0.05, 0.1) is 4.11 Å². The third-order valence-electron chi connectivity index (χ3n) is 1.94. The van der Waals surface area contributed by atoms with Gasteiger partial charge in [-0.3, -0.25) is 0 Å². The van der Waals surface area contributed by atoms with Crippen molar-refractivity contribution >= 4 is 17.7 Å². The van der Waals surface area contributed by atoms with Crippen molar-refractivity contribution in [2.45, 2.75) is 12.6 Å². The molecule has 2 N–H and O–H groups in total. The highest BCUT2D eigenvalue weighted by Crippen LogP contribution is 2.26. The Labute approximate surface area is 112 Å². The first-order valence-corrected chi connectivity index (χ1v) is 5.15. The lowest BCUT2D eigenvalue weighted by atomic mass is 10.1. The third-order valence-corrected chi connectivity index (χ3v) is 2.28. The molecule has 0 aliphatic rings. The zero-order chi connectivity index (χ0) is 15.6. The van der Waals surface area contributed by atoms with Gasteiger partial charge in [0.2, 0.25) is 0 Å². The van der Waals surface area contributed by atoms with Crippen LogP contribution >= 0.6 is 11.6 Å². The summed E-state index contributed by atoms with van der Waals surface area (Å²) in [7, 11) is 0. The Balaban J connectivity index is 2.53. The van der Waals surface area contributed by atoms with Crippen LogP contribution in [-0.4, -0.2) is 26.3 Å². The van der Waals surface area contributed by atoms with E-state index in [0.29, 0.717) is 4.80 Å². The largest absolute Gasteiger partial charge is 0.439 e. The Bertz CT molecular complexity index is 652. The van der Waals surface area contributed by atoms with Gasteiger partial charge in [-0.2, -0.15) is 4.80 Å². The van der Waals surface area contributed by atoms with Gasteiger partial charge in [-0.15, -0.1) is 10.2 Å². The van der Waals surface area contributed by atoms with Gasteiger partial charge >= 0.3 is 6.09 Å². The number of halogens is 1. The summed E-state index contributed by atoms with van der Waals surface area (Å²) in [5, 5.41) is 10.6. The van der Waals surface area contributed by atoms with Crippen LogP contribution in [0.4, 0.5) is 4.79 Å². The second kappa shape index (κ2) is 5.46. The molecular formula is C10H10ClN5O2. The molecular weight excluding hydrogens is 258 g/mol. The second-order valence-corrected chi connectivity index (χ2v) is 3.53. The molecule has 1 aromatic heterocycles. The number of ether oxygens (including phenoxy) is 1. The minimum absolute atomic E-state index is 0.0646. The molecule has 7 nitrogen and oxygen atoms in total. The number of tetrazole rings is 1. The fraction of sp³-hybridized carbons (Fsp3) is 0.200. The molecule has 1 amide bonds. The Morgan fingerprint density at radius 1 is 1.72 bits per heavy atom. The topological polar surface area (TPSA) is 95.9 Å². The third kappa shape index (κ3) is 2.95. The van der Waals surface area contributed by atoms with Crippen LogP contribution in [0.1, 0.15) is 15.8 Å². The quantitative estimate of drug-likeness (QED) is 0.899. The molecule has 1 unspecified atom stereocenters. The Kier molecular flexibility index (Phi) is 2.69. The van der Waals surface area contributed by atoms with Crippen molar-refractivity contribution in [2.24, 2.45) is 5.73 Å². The van der Waals surface area contributed by atoms with Gasteiger partial charge in [0, 0.05) is 10.6 Å². The van der Waals surface area contributed by atoms with Crippen molar-refractivity contribution in [3.8, 4) is 0 Å². The minimum Gasteiger partial charge on any atom is -0.439 e. The number of carbonyl (C=O) groups excluding carboxylic acids is 1. The maximum atomic E-state index is 11.1. The molecule has 2 aromatic rings. The van der Waals surface area contributed by atoms with Gasteiger partial charge in [0.25, 0.3) is 0 Å². The molecule has 2 rings (SSSR count). The minimum atomic E-state index is -2.40. The summed E-state index contributed by atoms with van der Waals surface area (Å²) in [6, 6.07) is 4.14. The predicted octanol–water partition coefficient (Wildman–Crippen LogP) is 1.16. The number of amides is 1. The number of aromatic nitrogens is 4. The Hall–Kier alpha value is -2.15. The summed E-state index contributed by atoms with van der Waals surface area (Å²) >= 11 is 5.99. The summed E-state index contributed by atoms with van der Waals surface area (Å²) in [6.45, 7) is -2.40. The van der Waals surface area contributed by atoms with E-state index < -0.39 is 18.7 Å². The fourth-order valence-electron chi connectivity index (χ4n) is 1.23. The van der Waals surface area contributed by atoms with Crippen LogP contribution in [0.25, 0.3) is 0 Å². The number of hydrogen-bond donors (Lipinski definition) is 1. The highest BCUT2D eigenvalue weighted by molar-refractivity contribution is 6.31. The van der Waals surface area contributed by atoms with E-state index in [2.05, 4.69) is 15.4 Å². The maximum absolute atomic E-state index is 11.1. The first-order chi connectivity index (χ1) is 9.82. The molecule has 94 valence electrons. The maximum Gasteiger partial charge on any atom is 0.405 e. The van der Waals surface area contributed by atoms with Gasteiger partial charge < -0.3 is 10.5 Å². The normalized spacial score (nSPS) is 15.3. The molecule has 1 heterocycles. The van der Waals surface area contributed by atoms with E-state index in [-0.39, 0.29) is 16.6 Å². The molecule has 0 saturated carbocycles. The SMILES string of the molecule is [2H]c1ccc(Cl)c(C(OC(N)=O)C([2H])([2H])n2ncnn2)c1. The first kappa shape index (κ1) is 8.87. The summed E-state index contributed by atoms with van der Waals surface area (Å²) in [5.74, 6) is 0. The van der Waals surface area contributed by atoms with Gasteiger partial charge in [0.1, 0.15) is 6.50 Å². The second-order valence-electron chi connectivity index (χ2n) is 3.12. The van der Waals surface area contributed by atoms with Gasteiger partial charge in [-0.1, -0.05) is 29.8 Å². The van der Waals surface area contributed by atoms with Crippen molar-refractivity contribution < 1.29 is 13.6 Å². The van der Waals surface area contributed by atoms with E-state index in [1.54, 1.807) is 0 Å². The Morgan fingerprint density at radius 3 is 3.22 bits per heavy atom. The summed E-state index contributed by atoms with van der Waals surface area (Å²) in [4.78, 5) is 11.7. The van der Waals surface area contributed by atoms with Crippen LogP contribution in [0.5, 0.6) is 0 Å². The molecule has 0 spiro atoms. The molecule has 0 radical (unpaired) electrons. The highest BCUT2D eigenvalue weighted by atomic mass is 35.5. The highest BCUT2D eigenvalue weighted by Gasteiger charge is 2.19. The van der Waals surface area contributed by atoms with Gasteiger partial charge in [-0.05, 0) is 11.3 Å². The molecule has 1 aromatic carbocycles. The number of benzene rings is 1. The lowest BCUT2D eigenvalue weighted by Gasteiger charge is -2.17. The molecule has 0 aliphatic carbocycles. The van der Waals surface area contributed by atoms with Crippen LogP contribution in [0.15, 0.2) is 30.6 Å². The standard InChI is InChI=1S/C10H10ClN5O2/c11-8-4-2-1-3-7(8)9(18-10(12)17)5-16-14-6-13-15-16/h1-4,6,9H,5H2,(H2,12,17)/i1D,5D2. The van der Waals surface area contributed by atoms with E-state index >= 15 is 0 Å². The molecule has 0 fully saturated rings. The molecule has 0 bridgehead atoms. The fourth-order valence-corrected chi connectivity index (χ4v) is 1.45. The number of hydrogen-bond acceptors (Lipinski definition) is 5. The molecule has 18 heavy (non-hydrogen) atoms. The van der Waals surface area contributed by atoms with Crippen LogP contribution in [0, 0.1) is 0 Å². The van der Waals surface area contributed by atoms with Gasteiger partial charge in [-0.25, -0.2) is 4.79 Å². The molecule has 0 saturated heterocycles. The van der Waals surface area contributed by atoms with Crippen molar-refractivity contribution in [3.05, 3.63) is 41.2 Å². The predicted molar refractivity (Wildman–Crippen MR) is 62.7 cm³/mol. The zero-order valence-corrected chi connectivity index (χ0v) is 9.70. The smallest absolute Gasteiger partial charge is 0.405 e. The summed E-state index contributed by atoms with van der Waals surface area (Å²) < 4.78 is 28.5.